The molecule has 6 nitrogen and oxygen atoms in total. The second kappa shape index (κ2) is 11.8. The van der Waals surface area contributed by atoms with Crippen LogP contribution in [0.4, 0.5) is 0 Å². The summed E-state index contributed by atoms with van der Waals surface area (Å²) in [5.74, 6) is 2.45. The molecule has 0 aliphatic heterocycles. The maximum Gasteiger partial charge on any atom is 0.163 e. The Morgan fingerprint density at radius 3 is 2.72 bits per heavy atom. The van der Waals surface area contributed by atoms with Crippen LogP contribution in [0, 0.1) is 5.41 Å². The van der Waals surface area contributed by atoms with Crippen molar-refractivity contribution in [1.29, 1.82) is 5.41 Å². The number of rotatable bonds is 12. The third-order valence-electron chi connectivity index (χ3n) is 3.69. The van der Waals surface area contributed by atoms with Crippen molar-refractivity contribution in [3.63, 3.8) is 0 Å². The molecule has 0 atom stereocenters. The van der Waals surface area contributed by atoms with Crippen LogP contribution in [0.2, 0.25) is 0 Å². The van der Waals surface area contributed by atoms with Crippen molar-refractivity contribution in [2.45, 2.75) is 46.0 Å². The molecule has 0 aliphatic rings. The Bertz CT molecular complexity index is 578. The van der Waals surface area contributed by atoms with Crippen LogP contribution in [0.15, 0.2) is 12.1 Å². The lowest BCUT2D eigenvalue weighted by atomic mass is 10.0. The van der Waals surface area contributed by atoms with Gasteiger partial charge in [0.15, 0.2) is 5.78 Å². The number of aromatic hydroxyl groups is 1. The largest absolute Gasteiger partial charge is 0.507 e. The molecule has 0 bridgehead atoms. The Labute approximate surface area is 153 Å². The Morgan fingerprint density at radius 2 is 2.08 bits per heavy atom. The number of ether oxygens (including phenoxy) is 1. The van der Waals surface area contributed by atoms with E-state index in [0.717, 1.165) is 30.8 Å². The van der Waals surface area contributed by atoms with Crippen LogP contribution >= 0.6 is 11.8 Å². The Balaban J connectivity index is 2.40. The first-order valence-corrected chi connectivity index (χ1v) is 9.70. The van der Waals surface area contributed by atoms with Crippen molar-refractivity contribution in [3.8, 4) is 11.5 Å². The first-order chi connectivity index (χ1) is 12.0. The van der Waals surface area contributed by atoms with Gasteiger partial charge in [0.25, 0.3) is 0 Å². The fourth-order valence-corrected chi connectivity index (χ4v) is 3.31. The molecule has 0 spiro atoms. The average molecular weight is 368 g/mol. The van der Waals surface area contributed by atoms with E-state index in [0.29, 0.717) is 36.3 Å². The number of thioether (sulfide) groups is 1. The zero-order chi connectivity index (χ0) is 18.7. The van der Waals surface area contributed by atoms with E-state index in [4.69, 9.17) is 15.4 Å². The van der Waals surface area contributed by atoms with Gasteiger partial charge in [0.05, 0.1) is 12.2 Å². The maximum atomic E-state index is 11.5. The average Bonchev–Trinajstić information content (AvgIpc) is 2.59. The molecule has 1 rings (SSSR count). The van der Waals surface area contributed by atoms with Crippen LogP contribution in [-0.4, -0.2) is 40.0 Å². The first-order valence-electron chi connectivity index (χ1n) is 8.55. The van der Waals surface area contributed by atoms with Gasteiger partial charge in [0.2, 0.25) is 0 Å². The molecule has 0 heterocycles. The van der Waals surface area contributed by atoms with Crippen molar-refractivity contribution < 1.29 is 19.8 Å². The summed E-state index contributed by atoms with van der Waals surface area (Å²) in [5.41, 5.74) is 2.88. The number of carbonyl (C=O) groups is 1. The topological polar surface area (TPSA) is 103 Å². The number of phenolic OH excluding ortho intramolecular Hbond substituents is 1. The van der Waals surface area contributed by atoms with Crippen LogP contribution in [0.3, 0.4) is 0 Å². The molecule has 25 heavy (non-hydrogen) atoms. The van der Waals surface area contributed by atoms with Crippen molar-refractivity contribution in [2.24, 2.45) is 0 Å². The van der Waals surface area contributed by atoms with Crippen LogP contribution in [0.25, 0.3) is 0 Å². The number of benzene rings is 1. The molecule has 4 N–H and O–H groups in total. The quantitative estimate of drug-likeness (QED) is 0.147. The van der Waals surface area contributed by atoms with Crippen LogP contribution in [0.1, 0.15) is 55.5 Å². The molecule has 0 saturated carbocycles. The zero-order valence-electron chi connectivity index (χ0n) is 14.9. The number of ketones is 1. The van der Waals surface area contributed by atoms with Crippen LogP contribution in [-0.2, 0) is 6.42 Å². The monoisotopic (exact) mass is 368 g/mol. The van der Waals surface area contributed by atoms with Gasteiger partial charge in [-0.05, 0) is 44.1 Å². The fraction of sp³-hybridized carbons (Fsp3) is 0.556. The number of carbonyl (C=O) groups excluding carboxylic acids is 1. The van der Waals surface area contributed by atoms with E-state index in [1.165, 1.54) is 6.92 Å². The second-order valence-electron chi connectivity index (χ2n) is 5.75. The highest BCUT2D eigenvalue weighted by Gasteiger charge is 2.15. The Hall–Kier alpha value is -1.73. The summed E-state index contributed by atoms with van der Waals surface area (Å²) in [4.78, 5) is 11.5. The maximum absolute atomic E-state index is 11.5. The molecule has 0 amide bonds. The molecule has 0 radical (unpaired) electrons. The van der Waals surface area contributed by atoms with Gasteiger partial charge in [-0.15, -0.1) is 0 Å². The molecule has 0 unspecified atom stereocenters. The summed E-state index contributed by atoms with van der Waals surface area (Å²) in [6.45, 7) is 4.03. The summed E-state index contributed by atoms with van der Waals surface area (Å²) in [6.07, 6.45) is 3.94. The summed E-state index contributed by atoms with van der Waals surface area (Å²) in [7, 11) is 0. The zero-order valence-corrected chi connectivity index (χ0v) is 15.7. The molecule has 140 valence electrons. The number of nitrogens with one attached hydrogen (secondary N) is 2. The number of hydroxylamine groups is 1. The van der Waals surface area contributed by atoms with E-state index >= 15 is 0 Å². The van der Waals surface area contributed by atoms with Gasteiger partial charge in [-0.2, -0.15) is 11.8 Å². The minimum Gasteiger partial charge on any atom is -0.507 e. The van der Waals surface area contributed by atoms with Gasteiger partial charge in [0.1, 0.15) is 17.3 Å². The molecule has 0 aliphatic carbocycles. The number of Topliss-reactive ketones (excluding diaryl/α,β-unsaturated/α-hetero) is 1. The highest BCUT2D eigenvalue weighted by molar-refractivity contribution is 7.99. The molecular formula is C18H28N2O4S. The fourth-order valence-electron chi connectivity index (χ4n) is 2.35. The van der Waals surface area contributed by atoms with Gasteiger partial charge in [-0.25, -0.2) is 0 Å². The van der Waals surface area contributed by atoms with E-state index in [9.17, 15) is 9.90 Å². The molecular weight excluding hydrogens is 340 g/mol. The van der Waals surface area contributed by atoms with Crippen molar-refractivity contribution in [2.75, 3.05) is 18.1 Å². The van der Waals surface area contributed by atoms with Crippen LogP contribution in [0.5, 0.6) is 11.5 Å². The molecule has 1 aromatic carbocycles. The summed E-state index contributed by atoms with van der Waals surface area (Å²) >= 11 is 1.74. The van der Waals surface area contributed by atoms with Crippen molar-refractivity contribution in [3.05, 3.63) is 23.3 Å². The highest BCUT2D eigenvalue weighted by atomic mass is 32.2. The molecule has 0 aromatic heterocycles. The Kier molecular flexibility index (Phi) is 10.0. The number of hydrogen-bond donors (Lipinski definition) is 4. The minimum atomic E-state index is -0.150. The van der Waals surface area contributed by atoms with Crippen molar-refractivity contribution >= 4 is 23.4 Å². The third-order valence-corrected chi connectivity index (χ3v) is 4.76. The van der Waals surface area contributed by atoms with E-state index in [-0.39, 0.29) is 17.4 Å². The lowest BCUT2D eigenvalue weighted by Crippen LogP contribution is -2.17. The number of unbranched alkanes of at least 4 members (excludes halogenated alkanes) is 1. The van der Waals surface area contributed by atoms with Gasteiger partial charge in [0, 0.05) is 17.7 Å². The van der Waals surface area contributed by atoms with Gasteiger partial charge in [-0.3, -0.25) is 20.9 Å². The second-order valence-corrected chi connectivity index (χ2v) is 6.98. The molecule has 0 fully saturated rings. The summed E-state index contributed by atoms with van der Waals surface area (Å²) in [6, 6.07) is 3.38. The summed E-state index contributed by atoms with van der Waals surface area (Å²) < 4.78 is 5.81. The van der Waals surface area contributed by atoms with E-state index < -0.39 is 0 Å². The number of amidine groups is 1. The lowest BCUT2D eigenvalue weighted by Gasteiger charge is -2.14. The van der Waals surface area contributed by atoms with Crippen molar-refractivity contribution in [1.82, 2.24) is 5.48 Å². The van der Waals surface area contributed by atoms with Gasteiger partial charge in [-0.1, -0.05) is 13.3 Å². The van der Waals surface area contributed by atoms with Gasteiger partial charge < -0.3 is 9.84 Å². The third kappa shape index (κ3) is 7.36. The molecule has 7 heteroatoms. The Morgan fingerprint density at radius 1 is 1.32 bits per heavy atom. The number of phenols is 1. The summed E-state index contributed by atoms with van der Waals surface area (Å²) in [5, 5.41) is 26.1. The smallest absolute Gasteiger partial charge is 0.163 e. The van der Waals surface area contributed by atoms with Gasteiger partial charge >= 0.3 is 0 Å². The first kappa shape index (κ1) is 21.3. The van der Waals surface area contributed by atoms with E-state index in [2.05, 4.69) is 0 Å². The standard InChI is InChI=1S/C18H28N2O4S/c1-3-6-15-16(8-7-14(13(2)21)18(15)22)24-10-4-5-11-25-12-9-17(19)20-23/h7-8,22-23H,3-6,9-12H2,1-2H3,(H2,19,20). The predicted octanol–water partition coefficient (Wildman–Crippen LogP) is 3.79. The molecule has 0 saturated heterocycles. The van der Waals surface area contributed by atoms with E-state index in [1.807, 2.05) is 12.4 Å². The molecule has 1 aromatic rings. The predicted molar refractivity (Wildman–Crippen MR) is 101 cm³/mol. The SMILES string of the molecule is CCCc1c(OCCCCSCCC(=N)NO)ccc(C(C)=O)c1O. The van der Waals surface area contributed by atoms with Crippen LogP contribution < -0.4 is 10.2 Å². The highest BCUT2D eigenvalue weighted by Crippen LogP contribution is 2.33. The van der Waals surface area contributed by atoms with E-state index in [1.54, 1.807) is 23.9 Å². The number of hydrogen-bond acceptors (Lipinski definition) is 6. The normalized spacial score (nSPS) is 10.5. The lowest BCUT2D eigenvalue weighted by molar-refractivity contribution is 0.101. The minimum absolute atomic E-state index is 0.0438.